The summed E-state index contributed by atoms with van der Waals surface area (Å²) in [5.74, 6) is 1.50. The van der Waals surface area contributed by atoms with Gasteiger partial charge in [0.1, 0.15) is 0 Å². The Balaban J connectivity index is 1.62. The Labute approximate surface area is 127 Å². The van der Waals surface area contributed by atoms with E-state index in [4.69, 9.17) is 12.2 Å². The van der Waals surface area contributed by atoms with Gasteiger partial charge in [-0.2, -0.15) is 0 Å². The third-order valence-electron chi connectivity index (χ3n) is 4.46. The second kappa shape index (κ2) is 7.62. The van der Waals surface area contributed by atoms with Gasteiger partial charge in [-0.15, -0.1) is 0 Å². The highest BCUT2D eigenvalue weighted by Crippen LogP contribution is 2.29. The highest BCUT2D eigenvalue weighted by atomic mass is 32.1. The zero-order chi connectivity index (χ0) is 14.4. The van der Waals surface area contributed by atoms with Gasteiger partial charge in [-0.1, -0.05) is 26.7 Å². The summed E-state index contributed by atoms with van der Waals surface area (Å²) in [7, 11) is 0. The van der Waals surface area contributed by atoms with Crippen LogP contribution in [0, 0.1) is 11.8 Å². The van der Waals surface area contributed by atoms with E-state index >= 15 is 0 Å². The Morgan fingerprint density at radius 1 is 1.40 bits per heavy atom. The van der Waals surface area contributed by atoms with Crippen molar-refractivity contribution in [3.63, 3.8) is 0 Å². The Morgan fingerprint density at radius 2 is 2.25 bits per heavy atom. The molecule has 0 saturated heterocycles. The van der Waals surface area contributed by atoms with Gasteiger partial charge in [0.25, 0.3) is 0 Å². The van der Waals surface area contributed by atoms with Crippen molar-refractivity contribution in [3.05, 3.63) is 18.7 Å². The minimum Gasteiger partial charge on any atom is -0.363 e. The summed E-state index contributed by atoms with van der Waals surface area (Å²) < 4.78 is 2.09. The predicted octanol–water partition coefficient (Wildman–Crippen LogP) is 2.56. The predicted molar refractivity (Wildman–Crippen MR) is 86.5 cm³/mol. The van der Waals surface area contributed by atoms with E-state index in [2.05, 4.69) is 34.0 Å². The fourth-order valence-electron chi connectivity index (χ4n) is 2.89. The lowest BCUT2D eigenvalue weighted by Gasteiger charge is -2.35. The van der Waals surface area contributed by atoms with E-state index in [-0.39, 0.29) is 0 Å². The lowest BCUT2D eigenvalue weighted by molar-refractivity contribution is 0.224. The van der Waals surface area contributed by atoms with Crippen LogP contribution in [0.5, 0.6) is 0 Å². The summed E-state index contributed by atoms with van der Waals surface area (Å²) >= 11 is 5.40. The number of aromatic nitrogens is 2. The molecule has 2 rings (SSSR count). The highest BCUT2D eigenvalue weighted by Gasteiger charge is 2.27. The van der Waals surface area contributed by atoms with Crippen LogP contribution in [0.1, 0.15) is 39.5 Å². The van der Waals surface area contributed by atoms with Crippen molar-refractivity contribution in [3.8, 4) is 0 Å². The summed E-state index contributed by atoms with van der Waals surface area (Å²) in [6.07, 6.45) is 10.6. The molecule has 1 aliphatic carbocycles. The van der Waals surface area contributed by atoms with Crippen LogP contribution in [-0.2, 0) is 6.54 Å². The topological polar surface area (TPSA) is 41.9 Å². The van der Waals surface area contributed by atoms with Crippen LogP contribution in [0.2, 0.25) is 0 Å². The molecule has 1 fully saturated rings. The van der Waals surface area contributed by atoms with Crippen LogP contribution in [0.3, 0.4) is 0 Å². The summed E-state index contributed by atoms with van der Waals surface area (Å²) in [6, 6.07) is 0.535. The van der Waals surface area contributed by atoms with Gasteiger partial charge >= 0.3 is 0 Å². The Morgan fingerprint density at radius 3 is 3.00 bits per heavy atom. The molecule has 1 aromatic rings. The van der Waals surface area contributed by atoms with Crippen molar-refractivity contribution < 1.29 is 0 Å². The number of nitrogens with one attached hydrogen (secondary N) is 2. The largest absolute Gasteiger partial charge is 0.363 e. The normalized spacial score (nSPS) is 26.2. The van der Waals surface area contributed by atoms with E-state index in [1.807, 2.05) is 18.7 Å². The van der Waals surface area contributed by atoms with Crippen molar-refractivity contribution in [2.45, 2.75) is 52.1 Å². The molecule has 0 radical (unpaired) electrons. The maximum atomic E-state index is 5.40. The van der Waals surface area contributed by atoms with Crippen molar-refractivity contribution in [2.75, 3.05) is 6.54 Å². The van der Waals surface area contributed by atoms with Crippen LogP contribution in [0.4, 0.5) is 0 Å². The third kappa shape index (κ3) is 4.47. The zero-order valence-corrected chi connectivity index (χ0v) is 13.3. The monoisotopic (exact) mass is 294 g/mol. The Hall–Kier alpha value is -1.10. The maximum absolute atomic E-state index is 5.40. The first-order valence-corrected chi connectivity index (χ1v) is 8.07. The van der Waals surface area contributed by atoms with E-state index in [9.17, 15) is 0 Å². The minimum atomic E-state index is 0.535. The van der Waals surface area contributed by atoms with Gasteiger partial charge in [-0.05, 0) is 36.9 Å². The number of rotatable bonds is 5. The van der Waals surface area contributed by atoms with E-state index in [0.717, 1.165) is 30.5 Å². The highest BCUT2D eigenvalue weighted by molar-refractivity contribution is 7.80. The molecule has 2 N–H and O–H groups in total. The van der Waals surface area contributed by atoms with Crippen LogP contribution in [0.15, 0.2) is 18.7 Å². The summed E-state index contributed by atoms with van der Waals surface area (Å²) in [5.41, 5.74) is 0. The smallest absolute Gasteiger partial charge is 0.166 e. The quantitative estimate of drug-likeness (QED) is 0.647. The Bertz CT molecular complexity index is 404. The molecule has 0 aliphatic heterocycles. The fourth-order valence-corrected chi connectivity index (χ4v) is 3.14. The van der Waals surface area contributed by atoms with Gasteiger partial charge in [0, 0.05) is 31.5 Å². The molecule has 4 nitrogen and oxygen atoms in total. The number of imidazole rings is 1. The number of aryl methyl sites for hydroxylation is 1. The number of hydrogen-bond donors (Lipinski definition) is 2. The zero-order valence-electron chi connectivity index (χ0n) is 12.5. The molecule has 20 heavy (non-hydrogen) atoms. The molecule has 1 saturated carbocycles. The molecule has 0 bridgehead atoms. The van der Waals surface area contributed by atoms with Crippen molar-refractivity contribution >= 4 is 17.3 Å². The van der Waals surface area contributed by atoms with E-state index < -0.39 is 0 Å². The first-order chi connectivity index (χ1) is 9.66. The van der Waals surface area contributed by atoms with Gasteiger partial charge in [-0.25, -0.2) is 4.98 Å². The van der Waals surface area contributed by atoms with Gasteiger partial charge in [0.05, 0.1) is 6.33 Å². The van der Waals surface area contributed by atoms with Crippen LogP contribution in [-0.4, -0.2) is 27.3 Å². The summed E-state index contributed by atoms with van der Waals surface area (Å²) in [6.45, 7) is 6.57. The van der Waals surface area contributed by atoms with Crippen molar-refractivity contribution in [2.24, 2.45) is 11.8 Å². The lowest BCUT2D eigenvalue weighted by Crippen LogP contribution is -2.47. The van der Waals surface area contributed by atoms with Crippen molar-refractivity contribution in [1.82, 2.24) is 20.2 Å². The number of hydrogen-bond acceptors (Lipinski definition) is 2. The lowest BCUT2D eigenvalue weighted by atomic mass is 9.78. The first kappa shape index (κ1) is 15.3. The molecule has 112 valence electrons. The van der Waals surface area contributed by atoms with E-state index in [1.54, 1.807) is 0 Å². The molecule has 0 unspecified atom stereocenters. The molecule has 0 aromatic carbocycles. The van der Waals surface area contributed by atoms with Crippen LogP contribution in [0.25, 0.3) is 0 Å². The molecule has 0 amide bonds. The van der Waals surface area contributed by atoms with E-state index in [1.165, 1.54) is 19.3 Å². The SMILES string of the molecule is C[C@H]1[C@H](C)CCC[C@H]1NC(=S)NCCCn1ccnc1. The number of thiocarbonyl (C=S) groups is 1. The average Bonchev–Trinajstić information content (AvgIpc) is 2.93. The molecule has 1 aliphatic rings. The summed E-state index contributed by atoms with van der Waals surface area (Å²) in [4.78, 5) is 4.03. The summed E-state index contributed by atoms with van der Waals surface area (Å²) in [5, 5.41) is 7.62. The molecule has 1 heterocycles. The fraction of sp³-hybridized carbons (Fsp3) is 0.733. The maximum Gasteiger partial charge on any atom is 0.166 e. The minimum absolute atomic E-state index is 0.535. The standard InChI is InChI=1S/C15H26N4S/c1-12-5-3-6-14(13(12)2)18-15(20)17-7-4-9-19-10-8-16-11-19/h8,10-14H,3-7,9H2,1-2H3,(H2,17,18,20)/t12-,13+,14-/m1/s1. The van der Waals surface area contributed by atoms with Gasteiger partial charge in [0.15, 0.2) is 5.11 Å². The third-order valence-corrected chi connectivity index (χ3v) is 4.72. The molecular formula is C15H26N4S. The average molecular weight is 294 g/mol. The number of nitrogens with zero attached hydrogens (tertiary/aromatic N) is 2. The second-order valence-electron chi connectivity index (χ2n) is 5.93. The molecular weight excluding hydrogens is 268 g/mol. The van der Waals surface area contributed by atoms with Crippen molar-refractivity contribution in [1.29, 1.82) is 0 Å². The second-order valence-corrected chi connectivity index (χ2v) is 6.34. The molecule has 5 heteroatoms. The molecule has 0 spiro atoms. The molecule has 1 aromatic heterocycles. The van der Waals surface area contributed by atoms with E-state index in [0.29, 0.717) is 12.0 Å². The van der Waals surface area contributed by atoms with Gasteiger partial charge < -0.3 is 15.2 Å². The van der Waals surface area contributed by atoms with Crippen LogP contribution < -0.4 is 10.6 Å². The van der Waals surface area contributed by atoms with Gasteiger partial charge in [-0.3, -0.25) is 0 Å². The first-order valence-electron chi connectivity index (χ1n) is 7.67. The van der Waals surface area contributed by atoms with Crippen LogP contribution >= 0.6 is 12.2 Å². The Kier molecular flexibility index (Phi) is 5.83. The van der Waals surface area contributed by atoms with Gasteiger partial charge in [0.2, 0.25) is 0 Å². The molecule has 3 atom stereocenters.